The van der Waals surface area contributed by atoms with Gasteiger partial charge in [-0.25, -0.2) is 0 Å². The Morgan fingerprint density at radius 3 is 2.79 bits per heavy atom. The van der Waals surface area contributed by atoms with Crippen LogP contribution in [-0.2, 0) is 11.3 Å². The predicted octanol–water partition coefficient (Wildman–Crippen LogP) is 3.57. The zero-order valence-corrected chi connectivity index (χ0v) is 11.3. The van der Waals surface area contributed by atoms with Gasteiger partial charge in [-0.3, -0.25) is 4.79 Å². The Balaban J connectivity index is 1.88. The number of halogens is 1. The van der Waals surface area contributed by atoms with Gasteiger partial charge in [0, 0.05) is 17.6 Å². The molecule has 0 fully saturated rings. The summed E-state index contributed by atoms with van der Waals surface area (Å²) < 4.78 is 5.33. The lowest BCUT2D eigenvalue weighted by atomic mass is 10.2. The van der Waals surface area contributed by atoms with E-state index < -0.39 is 0 Å². The molecule has 19 heavy (non-hydrogen) atoms. The molecule has 0 saturated carbocycles. The lowest BCUT2D eigenvalue weighted by Crippen LogP contribution is -2.20. The topological polar surface area (TPSA) is 42.2 Å². The van der Waals surface area contributed by atoms with Crippen molar-refractivity contribution in [2.75, 3.05) is 0 Å². The molecule has 0 aliphatic rings. The van der Waals surface area contributed by atoms with Crippen LogP contribution >= 0.6 is 11.6 Å². The third-order valence-electron chi connectivity index (χ3n) is 2.57. The number of hydrogen-bond acceptors (Lipinski definition) is 2. The van der Waals surface area contributed by atoms with Crippen LogP contribution in [0.2, 0.25) is 5.02 Å². The first-order chi connectivity index (χ1) is 9.15. The quantitative estimate of drug-likeness (QED) is 0.867. The summed E-state index contributed by atoms with van der Waals surface area (Å²) in [5.74, 6) is 1.29. The molecule has 3 nitrogen and oxygen atoms in total. The van der Waals surface area contributed by atoms with Crippen molar-refractivity contribution in [1.82, 2.24) is 5.32 Å². The lowest BCUT2D eigenvalue weighted by Gasteiger charge is -2.04. The van der Waals surface area contributed by atoms with Crippen LogP contribution in [0.5, 0.6) is 0 Å². The van der Waals surface area contributed by atoms with Gasteiger partial charge in [-0.15, -0.1) is 0 Å². The summed E-state index contributed by atoms with van der Waals surface area (Å²) >= 11 is 6.00. The Morgan fingerprint density at radius 2 is 2.11 bits per heavy atom. The zero-order valence-electron chi connectivity index (χ0n) is 10.5. The minimum Gasteiger partial charge on any atom is -0.462 e. The Kier molecular flexibility index (Phi) is 4.42. The van der Waals surface area contributed by atoms with E-state index in [0.717, 1.165) is 11.3 Å². The number of rotatable bonds is 4. The molecule has 4 heteroatoms. The van der Waals surface area contributed by atoms with Crippen molar-refractivity contribution in [2.24, 2.45) is 0 Å². The van der Waals surface area contributed by atoms with Gasteiger partial charge in [0.25, 0.3) is 0 Å². The first kappa shape index (κ1) is 13.4. The van der Waals surface area contributed by atoms with E-state index in [2.05, 4.69) is 5.32 Å². The number of nitrogens with one attached hydrogen (secondary N) is 1. The smallest absolute Gasteiger partial charge is 0.244 e. The molecule has 0 atom stereocenters. The predicted molar refractivity (Wildman–Crippen MR) is 75.8 cm³/mol. The van der Waals surface area contributed by atoms with Gasteiger partial charge in [0.1, 0.15) is 11.5 Å². The molecule has 0 spiro atoms. The van der Waals surface area contributed by atoms with Crippen molar-refractivity contribution in [3.63, 3.8) is 0 Å². The van der Waals surface area contributed by atoms with Gasteiger partial charge in [-0.1, -0.05) is 29.8 Å². The number of benzene rings is 1. The van der Waals surface area contributed by atoms with Crippen molar-refractivity contribution in [3.05, 3.63) is 64.6 Å². The fourth-order valence-corrected chi connectivity index (χ4v) is 1.79. The van der Waals surface area contributed by atoms with Gasteiger partial charge in [-0.2, -0.15) is 0 Å². The van der Waals surface area contributed by atoms with Gasteiger partial charge in [0.05, 0.1) is 0 Å². The normalized spacial score (nSPS) is 10.8. The van der Waals surface area contributed by atoms with Gasteiger partial charge in [0.2, 0.25) is 5.91 Å². The van der Waals surface area contributed by atoms with Crippen LogP contribution in [0.3, 0.4) is 0 Å². The van der Waals surface area contributed by atoms with Crippen molar-refractivity contribution in [1.29, 1.82) is 0 Å². The zero-order chi connectivity index (χ0) is 13.7. The maximum absolute atomic E-state index is 11.6. The van der Waals surface area contributed by atoms with Crippen molar-refractivity contribution >= 4 is 23.6 Å². The molecule has 2 aromatic rings. The van der Waals surface area contributed by atoms with E-state index in [1.807, 2.05) is 37.3 Å². The van der Waals surface area contributed by atoms with E-state index in [4.69, 9.17) is 16.0 Å². The third kappa shape index (κ3) is 4.00. The minimum atomic E-state index is -0.186. The maximum atomic E-state index is 11.6. The van der Waals surface area contributed by atoms with E-state index in [1.165, 1.54) is 6.08 Å². The molecule has 1 amide bonds. The molecular formula is C15H14ClNO2. The van der Waals surface area contributed by atoms with E-state index in [-0.39, 0.29) is 5.91 Å². The van der Waals surface area contributed by atoms with Crippen molar-refractivity contribution in [2.45, 2.75) is 13.5 Å². The van der Waals surface area contributed by atoms with Crippen LogP contribution in [0.15, 0.2) is 46.9 Å². The molecule has 0 aliphatic carbocycles. The van der Waals surface area contributed by atoms with Crippen LogP contribution in [-0.4, -0.2) is 5.91 Å². The molecule has 0 radical (unpaired) electrons. The summed E-state index contributed by atoms with van der Waals surface area (Å²) in [6, 6.07) is 11.1. The molecular weight excluding hydrogens is 262 g/mol. The number of aryl methyl sites for hydroxylation is 1. The highest BCUT2D eigenvalue weighted by Gasteiger charge is 2.01. The van der Waals surface area contributed by atoms with E-state index >= 15 is 0 Å². The molecule has 0 bridgehead atoms. The maximum Gasteiger partial charge on any atom is 0.244 e. The second-order valence-electron chi connectivity index (χ2n) is 4.09. The molecule has 0 saturated heterocycles. The lowest BCUT2D eigenvalue weighted by molar-refractivity contribution is -0.116. The van der Waals surface area contributed by atoms with Crippen LogP contribution in [0.25, 0.3) is 6.08 Å². The summed E-state index contributed by atoms with van der Waals surface area (Å²) in [7, 11) is 0. The monoisotopic (exact) mass is 275 g/mol. The summed E-state index contributed by atoms with van der Waals surface area (Å²) in [6.07, 6.45) is 3.07. The molecule has 2 rings (SSSR count). The molecule has 1 aromatic heterocycles. The fraction of sp³-hybridized carbons (Fsp3) is 0.133. The Hall–Kier alpha value is -2.00. The van der Waals surface area contributed by atoms with Gasteiger partial charge < -0.3 is 9.73 Å². The Morgan fingerprint density at radius 1 is 1.32 bits per heavy atom. The second kappa shape index (κ2) is 6.25. The highest BCUT2D eigenvalue weighted by Crippen LogP contribution is 2.14. The van der Waals surface area contributed by atoms with E-state index in [1.54, 1.807) is 12.1 Å². The van der Waals surface area contributed by atoms with E-state index in [0.29, 0.717) is 17.3 Å². The van der Waals surface area contributed by atoms with Crippen molar-refractivity contribution in [3.8, 4) is 0 Å². The second-order valence-corrected chi connectivity index (χ2v) is 4.50. The largest absolute Gasteiger partial charge is 0.462 e. The van der Waals surface area contributed by atoms with Crippen LogP contribution in [0.4, 0.5) is 0 Å². The number of carbonyl (C=O) groups excluding carboxylic acids is 1. The molecule has 1 heterocycles. The SMILES string of the molecule is Cc1ccc(/C=C/C(=O)NCc2ccccc2Cl)o1. The highest BCUT2D eigenvalue weighted by molar-refractivity contribution is 6.31. The molecule has 98 valence electrons. The van der Waals surface area contributed by atoms with E-state index in [9.17, 15) is 4.79 Å². The van der Waals surface area contributed by atoms with Gasteiger partial charge >= 0.3 is 0 Å². The number of carbonyl (C=O) groups is 1. The number of furan rings is 1. The molecule has 0 aliphatic heterocycles. The molecule has 1 N–H and O–H groups in total. The van der Waals surface area contributed by atoms with Gasteiger partial charge in [-0.05, 0) is 36.8 Å². The van der Waals surface area contributed by atoms with Gasteiger partial charge in [0.15, 0.2) is 0 Å². The molecule has 0 unspecified atom stereocenters. The Labute approximate surface area is 116 Å². The summed E-state index contributed by atoms with van der Waals surface area (Å²) in [6.45, 7) is 2.26. The first-order valence-corrected chi connectivity index (χ1v) is 6.29. The summed E-state index contributed by atoms with van der Waals surface area (Å²) in [4.78, 5) is 11.6. The average molecular weight is 276 g/mol. The minimum absolute atomic E-state index is 0.186. The van der Waals surface area contributed by atoms with Crippen LogP contribution < -0.4 is 5.32 Å². The fourth-order valence-electron chi connectivity index (χ4n) is 1.58. The number of hydrogen-bond donors (Lipinski definition) is 1. The average Bonchev–Trinajstić information content (AvgIpc) is 2.81. The van der Waals surface area contributed by atoms with Crippen LogP contribution in [0, 0.1) is 6.92 Å². The third-order valence-corrected chi connectivity index (χ3v) is 2.94. The first-order valence-electron chi connectivity index (χ1n) is 5.91. The Bertz CT molecular complexity index is 602. The molecule has 1 aromatic carbocycles. The van der Waals surface area contributed by atoms with Crippen molar-refractivity contribution < 1.29 is 9.21 Å². The highest BCUT2D eigenvalue weighted by atomic mass is 35.5. The number of amides is 1. The standard InChI is InChI=1S/C15H14ClNO2/c1-11-6-7-13(19-11)8-9-15(18)17-10-12-4-2-3-5-14(12)16/h2-9H,10H2,1H3,(H,17,18)/b9-8+. The summed E-state index contributed by atoms with van der Waals surface area (Å²) in [5.41, 5.74) is 0.889. The van der Waals surface area contributed by atoms with Crippen LogP contribution in [0.1, 0.15) is 17.1 Å². The summed E-state index contributed by atoms with van der Waals surface area (Å²) in [5, 5.41) is 3.41.